The molecule has 1 rings (SSSR count). The Morgan fingerprint density at radius 2 is 2.24 bits per heavy atom. The molecule has 1 saturated heterocycles. The smallest absolute Gasteiger partial charge is 0.251 e. The van der Waals surface area contributed by atoms with Gasteiger partial charge >= 0.3 is 0 Å². The number of hydrogen-bond donors (Lipinski definition) is 1. The van der Waals surface area contributed by atoms with E-state index in [0.29, 0.717) is 19.7 Å². The van der Waals surface area contributed by atoms with Crippen molar-refractivity contribution in [2.75, 3.05) is 33.9 Å². The summed E-state index contributed by atoms with van der Waals surface area (Å²) in [5.41, 5.74) is 5.50. The number of nitrogens with zero attached hydrogens (tertiary/aromatic N) is 1. The van der Waals surface area contributed by atoms with E-state index >= 15 is 0 Å². The van der Waals surface area contributed by atoms with Crippen LogP contribution in [0.5, 0.6) is 0 Å². The summed E-state index contributed by atoms with van der Waals surface area (Å²) in [6, 6.07) is 0. The molecule has 1 aliphatic heterocycles. The summed E-state index contributed by atoms with van der Waals surface area (Å²) in [4.78, 5) is 13.6. The van der Waals surface area contributed by atoms with Crippen molar-refractivity contribution in [3.05, 3.63) is 0 Å². The number of amides is 1. The summed E-state index contributed by atoms with van der Waals surface area (Å²) in [7, 11) is 3.46. The molecule has 1 aliphatic rings. The van der Waals surface area contributed by atoms with E-state index < -0.39 is 0 Å². The van der Waals surface area contributed by atoms with E-state index in [2.05, 4.69) is 0 Å². The lowest BCUT2D eigenvalue weighted by Gasteiger charge is -2.21. The van der Waals surface area contributed by atoms with Gasteiger partial charge in [-0.3, -0.25) is 4.79 Å². The highest BCUT2D eigenvalue weighted by Gasteiger charge is 2.31. The number of hydrogen-bond acceptors (Lipinski definition) is 4. The summed E-state index contributed by atoms with van der Waals surface area (Å²) >= 11 is 0. The number of ether oxygens (including phenoxy) is 2. The number of nitrogens with two attached hydrogens (primary N) is 1. The highest BCUT2D eigenvalue weighted by Crippen LogP contribution is 2.20. The van der Waals surface area contributed by atoms with E-state index in [1.54, 1.807) is 19.1 Å². The van der Waals surface area contributed by atoms with Gasteiger partial charge in [-0.25, -0.2) is 0 Å². The minimum atomic E-state index is -0.291. The number of rotatable bonds is 6. The van der Waals surface area contributed by atoms with E-state index in [-0.39, 0.29) is 30.5 Å². The van der Waals surface area contributed by atoms with Gasteiger partial charge in [-0.1, -0.05) is 0 Å². The van der Waals surface area contributed by atoms with Gasteiger partial charge in [0.2, 0.25) is 0 Å². The molecule has 5 nitrogen and oxygen atoms in total. The molecule has 0 aromatic carbocycles. The normalized spacial score (nSPS) is 23.2. The van der Waals surface area contributed by atoms with Gasteiger partial charge in [-0.15, -0.1) is 12.4 Å². The zero-order valence-electron chi connectivity index (χ0n) is 10.6. The lowest BCUT2D eigenvalue weighted by molar-refractivity contribution is -0.141. The number of methoxy groups -OCH3 is 1. The van der Waals surface area contributed by atoms with Crippen molar-refractivity contribution >= 4 is 18.3 Å². The van der Waals surface area contributed by atoms with Crippen LogP contribution in [0, 0.1) is 0 Å². The Balaban J connectivity index is 0.00000256. The predicted molar refractivity (Wildman–Crippen MR) is 68.3 cm³/mol. The van der Waals surface area contributed by atoms with Crippen molar-refractivity contribution < 1.29 is 14.3 Å². The summed E-state index contributed by atoms with van der Waals surface area (Å²) in [5, 5.41) is 0. The summed E-state index contributed by atoms with van der Waals surface area (Å²) in [6.07, 6.45) is 2.29. The van der Waals surface area contributed by atoms with Crippen LogP contribution in [0.2, 0.25) is 0 Å². The van der Waals surface area contributed by atoms with Crippen molar-refractivity contribution in [3.8, 4) is 0 Å². The first-order valence-electron chi connectivity index (χ1n) is 5.78. The maximum absolute atomic E-state index is 11.9. The second kappa shape index (κ2) is 8.69. The Morgan fingerprint density at radius 3 is 2.76 bits per heavy atom. The predicted octanol–water partition coefficient (Wildman–Crippen LogP) is 0.409. The molecule has 0 aromatic rings. The zero-order chi connectivity index (χ0) is 12.0. The number of likely N-dealkylation sites (N-methyl/N-ethyl adjacent to an activating group) is 1. The number of carbonyl (C=O) groups excluding carboxylic acids is 1. The molecule has 2 atom stereocenters. The third-order valence-corrected chi connectivity index (χ3v) is 2.86. The van der Waals surface area contributed by atoms with Crippen LogP contribution in [0.1, 0.15) is 19.3 Å². The fraction of sp³-hybridized carbons (Fsp3) is 0.909. The molecular formula is C11H23ClN2O3. The third-order valence-electron chi connectivity index (χ3n) is 2.86. The van der Waals surface area contributed by atoms with Crippen LogP contribution >= 0.6 is 12.4 Å². The molecular weight excluding hydrogens is 244 g/mol. The SMILES string of the molecule is COCCCN(C)C(=O)[C@@H]1CC[C@H](CN)O1.Cl. The van der Waals surface area contributed by atoms with Crippen molar-refractivity contribution in [2.45, 2.75) is 31.5 Å². The van der Waals surface area contributed by atoms with Gasteiger partial charge in [-0.05, 0) is 19.3 Å². The van der Waals surface area contributed by atoms with Gasteiger partial charge in [0.15, 0.2) is 0 Å². The standard InChI is InChI=1S/C11H22N2O3.ClH/c1-13(6-3-7-15-2)11(14)10-5-4-9(8-12)16-10;/h9-10H,3-8,12H2,1-2H3;1H/t9-,10+;/m1./s1. The molecule has 0 radical (unpaired) electrons. The molecule has 6 heteroatoms. The molecule has 0 aromatic heterocycles. The number of halogens is 1. The molecule has 17 heavy (non-hydrogen) atoms. The van der Waals surface area contributed by atoms with Gasteiger partial charge in [0.25, 0.3) is 5.91 Å². The Hall–Kier alpha value is -0.360. The maximum atomic E-state index is 11.9. The van der Waals surface area contributed by atoms with Gasteiger partial charge < -0.3 is 20.1 Å². The highest BCUT2D eigenvalue weighted by molar-refractivity contribution is 5.85. The molecule has 0 unspecified atom stereocenters. The lowest BCUT2D eigenvalue weighted by Crippen LogP contribution is -2.37. The average molecular weight is 267 g/mol. The Labute approximate surface area is 109 Å². The van der Waals surface area contributed by atoms with Crippen molar-refractivity contribution in [2.24, 2.45) is 5.73 Å². The quantitative estimate of drug-likeness (QED) is 0.708. The van der Waals surface area contributed by atoms with Crippen LogP contribution in [0.3, 0.4) is 0 Å². The van der Waals surface area contributed by atoms with Crippen molar-refractivity contribution in [1.29, 1.82) is 0 Å². The number of carbonyl (C=O) groups is 1. The first-order valence-corrected chi connectivity index (χ1v) is 5.78. The molecule has 0 bridgehead atoms. The van der Waals surface area contributed by atoms with Crippen molar-refractivity contribution in [3.63, 3.8) is 0 Å². The van der Waals surface area contributed by atoms with Crippen molar-refractivity contribution in [1.82, 2.24) is 4.90 Å². The topological polar surface area (TPSA) is 64.8 Å². The zero-order valence-corrected chi connectivity index (χ0v) is 11.4. The molecule has 1 fully saturated rings. The first kappa shape index (κ1) is 16.6. The van der Waals surface area contributed by atoms with Crippen LogP contribution in [-0.4, -0.2) is 56.9 Å². The van der Waals surface area contributed by atoms with E-state index in [4.69, 9.17) is 15.2 Å². The molecule has 0 saturated carbocycles. The van der Waals surface area contributed by atoms with Crippen LogP contribution in [-0.2, 0) is 14.3 Å². The van der Waals surface area contributed by atoms with E-state index in [1.165, 1.54) is 0 Å². The van der Waals surface area contributed by atoms with Crippen LogP contribution in [0.15, 0.2) is 0 Å². The summed E-state index contributed by atoms with van der Waals surface area (Å²) in [6.45, 7) is 1.88. The van der Waals surface area contributed by atoms with Crippen LogP contribution in [0.4, 0.5) is 0 Å². The lowest BCUT2D eigenvalue weighted by atomic mass is 10.2. The monoisotopic (exact) mass is 266 g/mol. The van der Waals surface area contributed by atoms with E-state index in [0.717, 1.165) is 19.3 Å². The first-order chi connectivity index (χ1) is 7.69. The summed E-state index contributed by atoms with van der Waals surface area (Å²) < 4.78 is 10.5. The second-order valence-corrected chi connectivity index (χ2v) is 4.17. The third kappa shape index (κ3) is 5.21. The van der Waals surface area contributed by atoms with Gasteiger partial charge in [0.1, 0.15) is 6.10 Å². The fourth-order valence-electron chi connectivity index (χ4n) is 1.86. The highest BCUT2D eigenvalue weighted by atomic mass is 35.5. The minimum Gasteiger partial charge on any atom is -0.385 e. The minimum absolute atomic E-state index is 0. The average Bonchev–Trinajstić information content (AvgIpc) is 2.76. The van der Waals surface area contributed by atoms with Gasteiger partial charge in [0.05, 0.1) is 6.10 Å². The molecule has 1 heterocycles. The summed E-state index contributed by atoms with van der Waals surface area (Å²) in [5.74, 6) is 0.0621. The molecule has 0 aliphatic carbocycles. The second-order valence-electron chi connectivity index (χ2n) is 4.17. The largest absolute Gasteiger partial charge is 0.385 e. The Bertz CT molecular complexity index is 229. The van der Waals surface area contributed by atoms with Gasteiger partial charge in [-0.2, -0.15) is 0 Å². The van der Waals surface area contributed by atoms with Crippen LogP contribution in [0.25, 0.3) is 0 Å². The Kier molecular flexibility index (Phi) is 8.51. The van der Waals surface area contributed by atoms with E-state index in [1.807, 2.05) is 0 Å². The molecule has 1 amide bonds. The molecule has 2 N–H and O–H groups in total. The van der Waals surface area contributed by atoms with E-state index in [9.17, 15) is 4.79 Å². The Morgan fingerprint density at radius 1 is 1.53 bits per heavy atom. The van der Waals surface area contributed by atoms with Gasteiger partial charge in [0, 0.05) is 33.9 Å². The fourth-order valence-corrected chi connectivity index (χ4v) is 1.86. The molecule has 102 valence electrons. The molecule has 0 spiro atoms. The maximum Gasteiger partial charge on any atom is 0.251 e. The van der Waals surface area contributed by atoms with Crippen LogP contribution < -0.4 is 5.73 Å².